The number of fused-ring (bicyclic) bond motifs is 1. The molecule has 2 heterocycles. The summed E-state index contributed by atoms with van der Waals surface area (Å²) in [6, 6.07) is 0.112. The van der Waals surface area contributed by atoms with Crippen LogP contribution in [0.5, 0.6) is 0 Å². The minimum Gasteiger partial charge on any atom is -0.382 e. The Labute approximate surface area is 116 Å². The average molecular weight is 297 g/mol. The molecule has 0 bridgehead atoms. The lowest BCUT2D eigenvalue weighted by molar-refractivity contribution is 0.214. The fourth-order valence-electron chi connectivity index (χ4n) is 2.64. The molecule has 0 radical (unpaired) electrons. The van der Waals surface area contributed by atoms with Crippen LogP contribution < -0.4 is 5.73 Å². The van der Waals surface area contributed by atoms with Crippen LogP contribution in [0.25, 0.3) is 11.2 Å². The van der Waals surface area contributed by atoms with E-state index in [1.165, 1.54) is 6.33 Å². The van der Waals surface area contributed by atoms with Crippen molar-refractivity contribution in [3.8, 4) is 0 Å². The summed E-state index contributed by atoms with van der Waals surface area (Å²) in [7, 11) is -3.42. The summed E-state index contributed by atoms with van der Waals surface area (Å²) >= 11 is 0. The highest BCUT2D eigenvalue weighted by Crippen LogP contribution is 2.34. The van der Waals surface area contributed by atoms with Crippen LogP contribution in [0.4, 0.5) is 5.82 Å². The summed E-state index contributed by atoms with van der Waals surface area (Å²) in [6.07, 6.45) is 5.97. The van der Waals surface area contributed by atoms with Crippen molar-refractivity contribution in [2.45, 2.75) is 31.4 Å². The van der Waals surface area contributed by atoms with Gasteiger partial charge in [0.15, 0.2) is 11.5 Å². The van der Waals surface area contributed by atoms with Crippen LogP contribution >= 0.6 is 0 Å². The molecule has 108 valence electrons. The highest BCUT2D eigenvalue weighted by atomic mass is 32.2. The fourth-order valence-corrected chi connectivity index (χ4v) is 3.31. The second kappa shape index (κ2) is 4.67. The minimum atomic E-state index is -3.42. The van der Waals surface area contributed by atoms with Crippen LogP contribution in [0.2, 0.25) is 0 Å². The molecule has 0 aromatic carbocycles. The quantitative estimate of drug-likeness (QED) is 0.819. The van der Waals surface area contributed by atoms with Gasteiger partial charge in [0.05, 0.1) is 18.7 Å². The first-order valence-electron chi connectivity index (χ1n) is 6.25. The molecule has 0 amide bonds. The normalized spacial score (nSPS) is 23.4. The Kier molecular flexibility index (Phi) is 3.09. The molecule has 2 aromatic rings. The molecule has 20 heavy (non-hydrogen) atoms. The van der Waals surface area contributed by atoms with E-state index in [4.69, 9.17) is 9.92 Å². The van der Waals surface area contributed by atoms with E-state index in [2.05, 4.69) is 15.0 Å². The van der Waals surface area contributed by atoms with Crippen molar-refractivity contribution in [1.29, 1.82) is 0 Å². The van der Waals surface area contributed by atoms with Gasteiger partial charge in [-0.3, -0.25) is 4.18 Å². The Morgan fingerprint density at radius 2 is 2.15 bits per heavy atom. The number of nitrogen functional groups attached to an aromatic ring is 1. The van der Waals surface area contributed by atoms with Gasteiger partial charge in [-0.2, -0.15) is 8.42 Å². The third kappa shape index (κ3) is 2.46. The van der Waals surface area contributed by atoms with Gasteiger partial charge in [-0.05, 0) is 19.3 Å². The first kappa shape index (κ1) is 13.3. The largest absolute Gasteiger partial charge is 0.382 e. The molecule has 8 nitrogen and oxygen atoms in total. The van der Waals surface area contributed by atoms with Gasteiger partial charge in [0.25, 0.3) is 10.1 Å². The zero-order chi connectivity index (χ0) is 14.3. The van der Waals surface area contributed by atoms with Crippen LogP contribution in [0, 0.1) is 0 Å². The standard InChI is InChI=1S/C11H15N5O3S/c1-20(17,18)19-8-3-2-7(4-8)16-6-15-9-10(12)13-5-14-11(9)16/h5-8H,2-4H2,1H3,(H2,12,13,14)/t7-,8+/m1/s1. The van der Waals surface area contributed by atoms with Crippen molar-refractivity contribution in [3.63, 3.8) is 0 Å². The van der Waals surface area contributed by atoms with Crippen LogP contribution in [-0.4, -0.2) is 40.3 Å². The number of imidazole rings is 1. The molecule has 3 rings (SSSR count). The predicted octanol–water partition coefficient (Wildman–Crippen LogP) is 0.478. The van der Waals surface area contributed by atoms with E-state index >= 15 is 0 Å². The molecule has 2 aromatic heterocycles. The zero-order valence-electron chi connectivity index (χ0n) is 10.9. The summed E-state index contributed by atoms with van der Waals surface area (Å²) in [6.45, 7) is 0. The summed E-state index contributed by atoms with van der Waals surface area (Å²) < 4.78 is 29.3. The van der Waals surface area contributed by atoms with Crippen molar-refractivity contribution in [2.75, 3.05) is 12.0 Å². The van der Waals surface area contributed by atoms with E-state index in [1.807, 2.05) is 4.57 Å². The van der Waals surface area contributed by atoms with Crippen LogP contribution in [0.3, 0.4) is 0 Å². The third-order valence-electron chi connectivity index (χ3n) is 3.45. The predicted molar refractivity (Wildman–Crippen MR) is 72.3 cm³/mol. The van der Waals surface area contributed by atoms with Gasteiger partial charge >= 0.3 is 0 Å². The lowest BCUT2D eigenvalue weighted by Crippen LogP contribution is -2.15. The second-order valence-corrected chi connectivity index (χ2v) is 6.57. The maximum atomic E-state index is 11.2. The molecule has 0 aliphatic heterocycles. The summed E-state index contributed by atoms with van der Waals surface area (Å²) in [5.41, 5.74) is 6.99. The van der Waals surface area contributed by atoms with Crippen molar-refractivity contribution in [2.24, 2.45) is 0 Å². The molecule has 1 aliphatic rings. The molecular weight excluding hydrogens is 282 g/mol. The Bertz CT molecular complexity index is 742. The number of hydrogen-bond acceptors (Lipinski definition) is 7. The number of anilines is 1. The van der Waals surface area contributed by atoms with Crippen molar-refractivity contribution >= 4 is 27.1 Å². The molecule has 0 unspecified atom stereocenters. The summed E-state index contributed by atoms with van der Waals surface area (Å²) in [5.74, 6) is 0.343. The second-order valence-electron chi connectivity index (χ2n) is 4.97. The Hall–Kier alpha value is -1.74. The van der Waals surface area contributed by atoms with Gasteiger partial charge in [0.1, 0.15) is 11.8 Å². The van der Waals surface area contributed by atoms with E-state index in [9.17, 15) is 8.42 Å². The Morgan fingerprint density at radius 3 is 2.90 bits per heavy atom. The van der Waals surface area contributed by atoms with E-state index in [0.29, 0.717) is 29.8 Å². The molecule has 0 saturated heterocycles. The summed E-state index contributed by atoms with van der Waals surface area (Å²) in [4.78, 5) is 12.3. The Balaban J connectivity index is 1.85. The zero-order valence-corrected chi connectivity index (χ0v) is 11.7. The number of nitrogens with zero attached hydrogens (tertiary/aromatic N) is 4. The van der Waals surface area contributed by atoms with E-state index in [-0.39, 0.29) is 12.1 Å². The molecule has 0 spiro atoms. The van der Waals surface area contributed by atoms with Gasteiger partial charge in [-0.15, -0.1) is 0 Å². The molecule has 9 heteroatoms. The maximum absolute atomic E-state index is 11.2. The number of aromatic nitrogens is 4. The average Bonchev–Trinajstić information content (AvgIpc) is 2.93. The highest BCUT2D eigenvalue weighted by molar-refractivity contribution is 7.86. The first-order chi connectivity index (χ1) is 9.44. The molecule has 1 saturated carbocycles. The van der Waals surface area contributed by atoms with Crippen LogP contribution in [0.1, 0.15) is 25.3 Å². The monoisotopic (exact) mass is 297 g/mol. The molecular formula is C11H15N5O3S. The lowest BCUT2D eigenvalue weighted by atomic mass is 10.2. The van der Waals surface area contributed by atoms with Crippen molar-refractivity contribution < 1.29 is 12.6 Å². The fraction of sp³-hybridized carbons (Fsp3) is 0.545. The molecule has 1 fully saturated rings. The third-order valence-corrected chi connectivity index (χ3v) is 4.07. The lowest BCUT2D eigenvalue weighted by Gasteiger charge is -2.13. The molecule has 1 aliphatic carbocycles. The van der Waals surface area contributed by atoms with E-state index in [1.54, 1.807) is 6.33 Å². The topological polar surface area (TPSA) is 113 Å². The van der Waals surface area contributed by atoms with Crippen molar-refractivity contribution in [1.82, 2.24) is 19.5 Å². The minimum absolute atomic E-state index is 0.112. The molecule has 2 N–H and O–H groups in total. The van der Waals surface area contributed by atoms with Crippen LogP contribution in [-0.2, 0) is 14.3 Å². The van der Waals surface area contributed by atoms with Gasteiger partial charge in [-0.1, -0.05) is 0 Å². The molecule has 2 atom stereocenters. The van der Waals surface area contributed by atoms with E-state index in [0.717, 1.165) is 12.7 Å². The van der Waals surface area contributed by atoms with Gasteiger partial charge < -0.3 is 10.3 Å². The first-order valence-corrected chi connectivity index (χ1v) is 8.07. The summed E-state index contributed by atoms with van der Waals surface area (Å²) in [5, 5.41) is 0. The van der Waals surface area contributed by atoms with E-state index < -0.39 is 10.1 Å². The van der Waals surface area contributed by atoms with Gasteiger partial charge in [0.2, 0.25) is 0 Å². The maximum Gasteiger partial charge on any atom is 0.264 e. The number of hydrogen-bond donors (Lipinski definition) is 1. The SMILES string of the molecule is CS(=O)(=O)O[C@H]1CC[C@@H](n2cnc3c(N)ncnc32)C1. The number of nitrogens with two attached hydrogens (primary N) is 1. The number of rotatable bonds is 3. The van der Waals surface area contributed by atoms with Gasteiger partial charge in [-0.25, -0.2) is 15.0 Å². The van der Waals surface area contributed by atoms with Gasteiger partial charge in [0, 0.05) is 6.04 Å². The highest BCUT2D eigenvalue weighted by Gasteiger charge is 2.30. The van der Waals surface area contributed by atoms with Crippen LogP contribution in [0.15, 0.2) is 12.7 Å². The smallest absolute Gasteiger partial charge is 0.264 e. The Morgan fingerprint density at radius 1 is 1.35 bits per heavy atom. The van der Waals surface area contributed by atoms with Crippen molar-refractivity contribution in [3.05, 3.63) is 12.7 Å².